The number of rotatable bonds is 3. The summed E-state index contributed by atoms with van der Waals surface area (Å²) >= 11 is 5.16. The van der Waals surface area contributed by atoms with Crippen LogP contribution in [0, 0.1) is 0 Å². The Balaban J connectivity index is 2.44. The van der Waals surface area contributed by atoms with Crippen LogP contribution in [0.2, 0.25) is 0 Å². The lowest BCUT2D eigenvalue weighted by molar-refractivity contribution is 0.340. The van der Waals surface area contributed by atoms with E-state index in [2.05, 4.69) is 22.9 Å². The molecule has 1 aliphatic heterocycles. The van der Waals surface area contributed by atoms with Gasteiger partial charge in [-0.05, 0) is 40.5 Å². The van der Waals surface area contributed by atoms with Crippen LogP contribution in [0.4, 0.5) is 0 Å². The van der Waals surface area contributed by atoms with Crippen molar-refractivity contribution < 1.29 is 8.42 Å². The molecule has 1 aromatic rings. The highest BCUT2D eigenvalue weighted by Gasteiger charge is 2.35. The van der Waals surface area contributed by atoms with Gasteiger partial charge in [0.05, 0.1) is 4.90 Å². The van der Waals surface area contributed by atoms with Gasteiger partial charge in [0, 0.05) is 34.6 Å². The van der Waals surface area contributed by atoms with E-state index in [-0.39, 0.29) is 6.04 Å². The molecule has 2 atom stereocenters. The second-order valence-corrected chi connectivity index (χ2v) is 9.10. The van der Waals surface area contributed by atoms with Crippen molar-refractivity contribution >= 4 is 37.7 Å². The van der Waals surface area contributed by atoms with Gasteiger partial charge in [-0.3, -0.25) is 0 Å². The summed E-state index contributed by atoms with van der Waals surface area (Å²) < 4.78 is 28.0. The Morgan fingerprint density at radius 1 is 1.45 bits per heavy atom. The Morgan fingerprint density at radius 3 is 2.80 bits per heavy atom. The second-order valence-electron chi connectivity index (χ2n) is 4.90. The van der Waals surface area contributed by atoms with E-state index in [1.165, 1.54) is 0 Å². The van der Waals surface area contributed by atoms with Gasteiger partial charge in [0.15, 0.2) is 0 Å². The molecule has 0 saturated carbocycles. The molecular weight excluding hydrogens is 360 g/mol. The molecule has 0 amide bonds. The molecule has 2 rings (SSSR count). The van der Waals surface area contributed by atoms with E-state index in [1.807, 2.05) is 24.8 Å². The summed E-state index contributed by atoms with van der Waals surface area (Å²) in [7, 11) is -3.49. The second kappa shape index (κ2) is 6.36. The van der Waals surface area contributed by atoms with Crippen LogP contribution >= 0.6 is 27.7 Å². The lowest BCUT2D eigenvalue weighted by Gasteiger charge is -2.36. The maximum Gasteiger partial charge on any atom is 0.244 e. The zero-order valence-corrected chi connectivity index (χ0v) is 14.8. The van der Waals surface area contributed by atoms with Crippen LogP contribution in [-0.4, -0.2) is 36.3 Å². The molecule has 1 fully saturated rings. The number of thioether (sulfide) groups is 1. The summed E-state index contributed by atoms with van der Waals surface area (Å²) in [5.41, 5.74) is 6.43. The Bertz CT molecular complexity index is 592. The van der Waals surface area contributed by atoms with Crippen molar-refractivity contribution in [3.8, 4) is 0 Å². The normalized spacial score (nSPS) is 24.8. The summed E-state index contributed by atoms with van der Waals surface area (Å²) in [4.78, 5) is 0.311. The summed E-state index contributed by atoms with van der Waals surface area (Å²) in [6.07, 6.45) is 0. The molecule has 1 aliphatic rings. The molecule has 20 heavy (non-hydrogen) atoms. The average Bonchev–Trinajstić information content (AvgIpc) is 2.42. The minimum atomic E-state index is -3.49. The first-order valence-corrected chi connectivity index (χ1v) is 9.78. The third kappa shape index (κ3) is 3.06. The molecule has 2 N–H and O–H groups in total. The van der Waals surface area contributed by atoms with Gasteiger partial charge in [-0.1, -0.05) is 13.0 Å². The van der Waals surface area contributed by atoms with Crippen LogP contribution in [0.25, 0.3) is 0 Å². The van der Waals surface area contributed by atoms with Crippen molar-refractivity contribution in [3.63, 3.8) is 0 Å². The van der Waals surface area contributed by atoms with Crippen molar-refractivity contribution in [2.24, 2.45) is 5.73 Å². The molecule has 0 spiro atoms. The number of benzene rings is 1. The molecule has 1 heterocycles. The van der Waals surface area contributed by atoms with Gasteiger partial charge in [0.2, 0.25) is 10.0 Å². The molecular formula is C13H19BrN2O2S2. The molecule has 2 unspecified atom stereocenters. The smallest absolute Gasteiger partial charge is 0.244 e. The minimum absolute atomic E-state index is 0.00724. The van der Waals surface area contributed by atoms with Gasteiger partial charge in [0.25, 0.3) is 0 Å². The number of nitrogens with two attached hydrogens (primary N) is 1. The number of nitrogens with zero attached hydrogens (tertiary/aromatic N) is 1. The van der Waals surface area contributed by atoms with Gasteiger partial charge in [0.1, 0.15) is 0 Å². The molecule has 0 bridgehead atoms. The van der Waals surface area contributed by atoms with Crippen LogP contribution in [-0.2, 0) is 16.6 Å². The first-order valence-electron chi connectivity index (χ1n) is 6.50. The van der Waals surface area contributed by atoms with Crippen molar-refractivity contribution in [2.75, 3.05) is 12.3 Å². The fraction of sp³-hybridized carbons (Fsp3) is 0.538. The van der Waals surface area contributed by atoms with Gasteiger partial charge in [-0.2, -0.15) is 16.1 Å². The Kier molecular flexibility index (Phi) is 5.18. The van der Waals surface area contributed by atoms with Crippen molar-refractivity contribution in [1.29, 1.82) is 0 Å². The van der Waals surface area contributed by atoms with Gasteiger partial charge in [-0.25, -0.2) is 8.42 Å². The van der Waals surface area contributed by atoms with Crippen LogP contribution in [0.1, 0.15) is 19.4 Å². The van der Waals surface area contributed by atoms with Gasteiger partial charge < -0.3 is 5.73 Å². The van der Waals surface area contributed by atoms with Crippen LogP contribution in [0.5, 0.6) is 0 Å². The monoisotopic (exact) mass is 378 g/mol. The zero-order valence-electron chi connectivity index (χ0n) is 11.5. The van der Waals surface area contributed by atoms with Crippen LogP contribution in [0.3, 0.4) is 0 Å². The summed E-state index contributed by atoms with van der Waals surface area (Å²) in [5.74, 6) is 0.832. The lowest BCUT2D eigenvalue weighted by Crippen LogP contribution is -2.47. The number of hydrogen-bond donors (Lipinski definition) is 1. The quantitative estimate of drug-likeness (QED) is 0.876. The van der Waals surface area contributed by atoms with Crippen LogP contribution in [0.15, 0.2) is 27.6 Å². The van der Waals surface area contributed by atoms with E-state index < -0.39 is 10.0 Å². The predicted molar refractivity (Wildman–Crippen MR) is 87.3 cm³/mol. The van der Waals surface area contributed by atoms with E-state index in [0.29, 0.717) is 27.7 Å². The summed E-state index contributed by atoms with van der Waals surface area (Å²) in [6.45, 7) is 4.92. The van der Waals surface area contributed by atoms with E-state index >= 15 is 0 Å². The first-order chi connectivity index (χ1) is 9.37. The molecule has 0 radical (unpaired) electrons. The number of halogens is 1. The lowest BCUT2D eigenvalue weighted by atomic mass is 10.2. The number of sulfonamides is 1. The first kappa shape index (κ1) is 16.3. The third-order valence-electron chi connectivity index (χ3n) is 3.64. The Labute approximate surface area is 133 Å². The van der Waals surface area contributed by atoms with Gasteiger partial charge >= 0.3 is 0 Å². The van der Waals surface area contributed by atoms with E-state index in [9.17, 15) is 8.42 Å². The van der Waals surface area contributed by atoms with Crippen LogP contribution < -0.4 is 5.73 Å². The molecule has 112 valence electrons. The Morgan fingerprint density at radius 2 is 2.15 bits per heavy atom. The molecule has 0 aromatic heterocycles. The van der Waals surface area contributed by atoms with Crippen molar-refractivity contribution in [2.45, 2.75) is 36.6 Å². The fourth-order valence-electron chi connectivity index (χ4n) is 2.24. The molecule has 1 aromatic carbocycles. The average molecular weight is 379 g/mol. The van der Waals surface area contributed by atoms with E-state index in [4.69, 9.17) is 5.73 Å². The van der Waals surface area contributed by atoms with E-state index in [1.54, 1.807) is 16.4 Å². The topological polar surface area (TPSA) is 63.4 Å². The summed E-state index contributed by atoms with van der Waals surface area (Å²) in [5, 5.41) is 0.301. The maximum atomic E-state index is 12.9. The van der Waals surface area contributed by atoms with E-state index in [0.717, 1.165) is 11.3 Å². The van der Waals surface area contributed by atoms with Gasteiger partial charge in [-0.15, -0.1) is 0 Å². The van der Waals surface area contributed by atoms with Crippen molar-refractivity contribution in [3.05, 3.63) is 28.2 Å². The summed E-state index contributed by atoms with van der Waals surface area (Å²) in [6, 6.07) is 5.24. The SMILES string of the molecule is CC1SCCN(S(=O)(=O)c2cc(CN)ccc2Br)C1C. The predicted octanol–water partition coefficient (Wildman–Crippen LogP) is 2.42. The minimum Gasteiger partial charge on any atom is -0.326 e. The highest BCUT2D eigenvalue weighted by molar-refractivity contribution is 9.10. The molecule has 7 heteroatoms. The maximum absolute atomic E-state index is 12.9. The molecule has 0 aliphatic carbocycles. The Hall–Kier alpha value is -0.0800. The third-order valence-corrected chi connectivity index (χ3v) is 7.96. The number of hydrogen-bond acceptors (Lipinski definition) is 4. The fourth-order valence-corrected chi connectivity index (χ4v) is 6.22. The highest BCUT2D eigenvalue weighted by Crippen LogP contribution is 2.32. The largest absolute Gasteiger partial charge is 0.326 e. The standard InChI is InChI=1S/C13H19BrN2O2S2/c1-9-10(2)19-6-5-16(9)20(17,18)13-7-11(8-15)3-4-12(13)14/h3-4,7,9-10H,5-6,8,15H2,1-2H3. The highest BCUT2D eigenvalue weighted by atomic mass is 79.9. The molecule has 4 nitrogen and oxygen atoms in total. The van der Waals surface area contributed by atoms with Crippen molar-refractivity contribution in [1.82, 2.24) is 4.31 Å². The molecule has 1 saturated heterocycles. The zero-order chi connectivity index (χ0) is 14.9.